The van der Waals surface area contributed by atoms with Crippen molar-refractivity contribution in [3.63, 3.8) is 0 Å². The molecular formula is C11H22N2O2. The maximum atomic E-state index is 11.3. The molecule has 15 heavy (non-hydrogen) atoms. The van der Waals surface area contributed by atoms with Gasteiger partial charge in [-0.3, -0.25) is 4.79 Å². The first-order valence-corrected chi connectivity index (χ1v) is 5.70. The van der Waals surface area contributed by atoms with Crippen molar-refractivity contribution in [1.29, 1.82) is 0 Å². The smallest absolute Gasteiger partial charge is 0.222 e. The van der Waals surface area contributed by atoms with Crippen molar-refractivity contribution in [2.24, 2.45) is 11.8 Å². The Morgan fingerprint density at radius 1 is 1.60 bits per heavy atom. The Hall–Kier alpha value is -0.610. The van der Waals surface area contributed by atoms with E-state index in [2.05, 4.69) is 17.6 Å². The largest absolute Gasteiger partial charge is 0.384 e. The summed E-state index contributed by atoms with van der Waals surface area (Å²) in [6, 6.07) is 0. The minimum Gasteiger partial charge on any atom is -0.384 e. The van der Waals surface area contributed by atoms with Gasteiger partial charge in [-0.1, -0.05) is 6.92 Å². The fourth-order valence-corrected chi connectivity index (χ4v) is 1.90. The van der Waals surface area contributed by atoms with Gasteiger partial charge >= 0.3 is 0 Å². The minimum absolute atomic E-state index is 0.0996. The van der Waals surface area contributed by atoms with Gasteiger partial charge in [-0.15, -0.1) is 0 Å². The van der Waals surface area contributed by atoms with Crippen molar-refractivity contribution >= 4 is 5.91 Å². The van der Waals surface area contributed by atoms with Gasteiger partial charge in [-0.05, 0) is 31.3 Å². The van der Waals surface area contributed by atoms with Crippen LogP contribution in [0.3, 0.4) is 0 Å². The second-order valence-corrected chi connectivity index (χ2v) is 4.28. The molecule has 1 aliphatic heterocycles. The van der Waals surface area contributed by atoms with Gasteiger partial charge in [0.1, 0.15) is 0 Å². The first-order chi connectivity index (χ1) is 7.24. The molecular weight excluding hydrogens is 192 g/mol. The normalized spacial score (nSPS) is 26.3. The molecule has 2 N–H and O–H groups in total. The summed E-state index contributed by atoms with van der Waals surface area (Å²) in [6.45, 7) is 5.69. The van der Waals surface area contributed by atoms with Gasteiger partial charge in [-0.25, -0.2) is 0 Å². The molecule has 4 heteroatoms. The highest BCUT2D eigenvalue weighted by Crippen LogP contribution is 2.17. The number of hydrogen-bond acceptors (Lipinski definition) is 3. The number of methoxy groups -OCH3 is 1. The predicted molar refractivity (Wildman–Crippen MR) is 59.6 cm³/mol. The summed E-state index contributed by atoms with van der Waals surface area (Å²) < 4.78 is 4.85. The van der Waals surface area contributed by atoms with Crippen LogP contribution in [0.4, 0.5) is 0 Å². The lowest BCUT2D eigenvalue weighted by Crippen LogP contribution is -2.41. The van der Waals surface area contributed by atoms with Crippen LogP contribution in [0.25, 0.3) is 0 Å². The van der Waals surface area contributed by atoms with Gasteiger partial charge in [0.25, 0.3) is 0 Å². The number of ether oxygens (including phenoxy) is 1. The van der Waals surface area contributed by atoms with Gasteiger partial charge in [0.15, 0.2) is 0 Å². The monoisotopic (exact) mass is 214 g/mol. The van der Waals surface area contributed by atoms with Crippen molar-refractivity contribution < 1.29 is 9.53 Å². The number of amides is 1. The molecule has 0 saturated carbocycles. The maximum absolute atomic E-state index is 11.3. The number of piperidine rings is 1. The van der Waals surface area contributed by atoms with E-state index in [1.807, 2.05) is 0 Å². The lowest BCUT2D eigenvalue weighted by Gasteiger charge is -2.29. The second kappa shape index (κ2) is 6.80. The number of rotatable bonds is 5. The Labute approximate surface area is 91.8 Å². The third-order valence-electron chi connectivity index (χ3n) is 3.06. The van der Waals surface area contributed by atoms with Crippen molar-refractivity contribution in [3.05, 3.63) is 0 Å². The second-order valence-electron chi connectivity index (χ2n) is 4.28. The number of carbonyl (C=O) groups excluding carboxylic acids is 1. The van der Waals surface area contributed by atoms with E-state index in [1.54, 1.807) is 7.11 Å². The first-order valence-electron chi connectivity index (χ1n) is 5.70. The molecule has 2 unspecified atom stereocenters. The third kappa shape index (κ3) is 4.62. The number of hydrogen-bond donors (Lipinski definition) is 2. The quantitative estimate of drug-likeness (QED) is 0.696. The lowest BCUT2D eigenvalue weighted by molar-refractivity contribution is -0.122. The Kier molecular flexibility index (Phi) is 5.65. The molecule has 0 aromatic heterocycles. The fraction of sp³-hybridized carbons (Fsp3) is 0.909. The Balaban J connectivity index is 2.14. The summed E-state index contributed by atoms with van der Waals surface area (Å²) in [5.74, 6) is 1.38. The molecule has 1 fully saturated rings. The zero-order chi connectivity index (χ0) is 11.1. The van der Waals surface area contributed by atoms with Gasteiger partial charge in [0.05, 0.1) is 6.61 Å². The molecule has 88 valence electrons. The molecule has 0 aromatic rings. The van der Waals surface area contributed by atoms with E-state index in [-0.39, 0.29) is 5.91 Å². The average Bonchev–Trinajstić information content (AvgIpc) is 2.25. The molecule has 1 amide bonds. The number of carbonyl (C=O) groups is 1. The topological polar surface area (TPSA) is 50.4 Å². The fourth-order valence-electron chi connectivity index (χ4n) is 1.90. The van der Waals surface area contributed by atoms with E-state index in [1.165, 1.54) is 0 Å². The van der Waals surface area contributed by atoms with Crippen molar-refractivity contribution in [1.82, 2.24) is 10.6 Å². The molecule has 0 bridgehead atoms. The summed E-state index contributed by atoms with van der Waals surface area (Å²) in [5.41, 5.74) is 0. The van der Waals surface area contributed by atoms with Crippen LogP contribution in [0, 0.1) is 11.8 Å². The highest BCUT2D eigenvalue weighted by molar-refractivity contribution is 5.75. The highest BCUT2D eigenvalue weighted by Gasteiger charge is 2.20. The van der Waals surface area contributed by atoms with Crippen molar-refractivity contribution in [2.45, 2.75) is 19.8 Å². The minimum atomic E-state index is 0.0996. The maximum Gasteiger partial charge on any atom is 0.222 e. The van der Waals surface area contributed by atoms with Crippen LogP contribution >= 0.6 is 0 Å². The summed E-state index contributed by atoms with van der Waals surface area (Å²) in [7, 11) is 1.61. The molecule has 4 nitrogen and oxygen atoms in total. The molecule has 0 aliphatic carbocycles. The van der Waals surface area contributed by atoms with Crippen LogP contribution in [0.1, 0.15) is 19.8 Å². The summed E-state index contributed by atoms with van der Waals surface area (Å²) in [4.78, 5) is 11.3. The van der Waals surface area contributed by atoms with E-state index >= 15 is 0 Å². The molecule has 0 aromatic carbocycles. The lowest BCUT2D eigenvalue weighted by atomic mass is 9.88. The molecule has 1 aliphatic rings. The van der Waals surface area contributed by atoms with Crippen LogP contribution in [0.15, 0.2) is 0 Å². The van der Waals surface area contributed by atoms with Crippen LogP contribution < -0.4 is 10.6 Å². The first kappa shape index (κ1) is 12.5. The average molecular weight is 214 g/mol. The van der Waals surface area contributed by atoms with E-state index in [9.17, 15) is 4.79 Å². The predicted octanol–water partition coefficient (Wildman–Crippen LogP) is 0.385. The molecule has 1 heterocycles. The van der Waals surface area contributed by atoms with Crippen LogP contribution in [-0.2, 0) is 9.53 Å². The zero-order valence-electron chi connectivity index (χ0n) is 9.71. The highest BCUT2D eigenvalue weighted by atomic mass is 16.5. The van der Waals surface area contributed by atoms with Crippen molar-refractivity contribution in [3.8, 4) is 0 Å². The summed E-state index contributed by atoms with van der Waals surface area (Å²) >= 11 is 0. The Bertz CT molecular complexity index is 197. The molecule has 1 rings (SSSR count). The molecule has 2 atom stereocenters. The third-order valence-corrected chi connectivity index (χ3v) is 3.06. The Morgan fingerprint density at radius 2 is 2.40 bits per heavy atom. The molecule has 0 radical (unpaired) electrons. The van der Waals surface area contributed by atoms with E-state index in [0.717, 1.165) is 26.1 Å². The van der Waals surface area contributed by atoms with Crippen LogP contribution in [-0.4, -0.2) is 39.3 Å². The van der Waals surface area contributed by atoms with Gasteiger partial charge < -0.3 is 15.4 Å². The van der Waals surface area contributed by atoms with Crippen LogP contribution in [0.5, 0.6) is 0 Å². The van der Waals surface area contributed by atoms with E-state index in [4.69, 9.17) is 4.74 Å². The summed E-state index contributed by atoms with van der Waals surface area (Å²) in [5, 5.41) is 6.32. The Morgan fingerprint density at radius 3 is 3.07 bits per heavy atom. The van der Waals surface area contributed by atoms with Gasteiger partial charge in [-0.2, -0.15) is 0 Å². The van der Waals surface area contributed by atoms with Crippen molar-refractivity contribution in [2.75, 3.05) is 33.4 Å². The van der Waals surface area contributed by atoms with Gasteiger partial charge in [0, 0.05) is 20.1 Å². The van der Waals surface area contributed by atoms with E-state index in [0.29, 0.717) is 24.9 Å². The number of nitrogens with one attached hydrogen (secondary N) is 2. The van der Waals surface area contributed by atoms with E-state index < -0.39 is 0 Å². The standard InChI is InChI=1S/C11H22N2O2/c1-9-7-12-5-3-10(9)8-13-11(14)4-6-15-2/h9-10,12H,3-8H2,1-2H3,(H,13,14). The molecule has 0 spiro atoms. The summed E-state index contributed by atoms with van der Waals surface area (Å²) in [6.07, 6.45) is 1.63. The zero-order valence-corrected chi connectivity index (χ0v) is 9.71. The van der Waals surface area contributed by atoms with Crippen LogP contribution in [0.2, 0.25) is 0 Å². The SMILES string of the molecule is COCCC(=O)NCC1CCNCC1C. The van der Waals surface area contributed by atoms with Gasteiger partial charge in [0.2, 0.25) is 5.91 Å². The molecule has 1 saturated heterocycles.